The van der Waals surface area contributed by atoms with Gasteiger partial charge in [-0.05, 0) is 24.3 Å². The number of anilines is 1. The smallest absolute Gasteiger partial charge is 0.269 e. The van der Waals surface area contributed by atoms with Gasteiger partial charge in [0.05, 0.1) is 32.1 Å². The molecule has 3 heterocycles. The van der Waals surface area contributed by atoms with Crippen LogP contribution in [0.4, 0.5) is 5.13 Å². The fraction of sp³-hybridized carbons (Fsp3) is 0.0588. The first-order valence-electron chi connectivity index (χ1n) is 7.56. The lowest BCUT2D eigenvalue weighted by molar-refractivity contribution is -0.116. The van der Waals surface area contributed by atoms with E-state index in [2.05, 4.69) is 15.3 Å². The zero-order valence-electron chi connectivity index (χ0n) is 13.2. The molecule has 1 amide bonds. The quantitative estimate of drug-likeness (QED) is 0.562. The number of aromatic nitrogens is 3. The predicted octanol–water partition coefficient (Wildman–Crippen LogP) is 3.87. The highest BCUT2D eigenvalue weighted by atomic mass is 35.5. The molecule has 9 heteroatoms. The van der Waals surface area contributed by atoms with Crippen molar-refractivity contribution in [2.75, 3.05) is 5.32 Å². The van der Waals surface area contributed by atoms with E-state index in [1.165, 1.54) is 33.4 Å². The second-order valence-electron chi connectivity index (χ2n) is 5.36. The van der Waals surface area contributed by atoms with E-state index in [1.807, 2.05) is 17.5 Å². The van der Waals surface area contributed by atoms with Crippen LogP contribution in [0, 0.1) is 0 Å². The molecule has 4 rings (SSSR count). The Morgan fingerprint density at radius 3 is 2.88 bits per heavy atom. The zero-order chi connectivity index (χ0) is 18.1. The van der Waals surface area contributed by atoms with Crippen molar-refractivity contribution in [3.05, 3.63) is 62.7 Å². The minimum Gasteiger partial charge on any atom is -0.300 e. The number of carbonyl (C=O) groups is 1. The first kappa shape index (κ1) is 16.9. The molecule has 0 radical (unpaired) electrons. The number of para-hydroxylation sites is 2. The van der Waals surface area contributed by atoms with Crippen molar-refractivity contribution in [1.82, 2.24) is 14.5 Å². The molecule has 4 aromatic rings. The SMILES string of the molecule is O=C(Cn1c(=O)cnc2ccccc21)Nc1nc(-c2ccc(Cl)s2)cs1. The van der Waals surface area contributed by atoms with Crippen molar-refractivity contribution in [3.8, 4) is 10.6 Å². The summed E-state index contributed by atoms with van der Waals surface area (Å²) >= 11 is 8.69. The lowest BCUT2D eigenvalue weighted by Crippen LogP contribution is -2.27. The average Bonchev–Trinajstić information content (AvgIpc) is 3.26. The van der Waals surface area contributed by atoms with Crippen LogP contribution in [0.25, 0.3) is 21.6 Å². The molecule has 6 nitrogen and oxygen atoms in total. The number of hydrogen-bond donors (Lipinski definition) is 1. The highest BCUT2D eigenvalue weighted by Crippen LogP contribution is 2.32. The van der Waals surface area contributed by atoms with Crippen LogP contribution < -0.4 is 10.9 Å². The van der Waals surface area contributed by atoms with Crippen molar-refractivity contribution in [1.29, 1.82) is 0 Å². The van der Waals surface area contributed by atoms with Gasteiger partial charge >= 0.3 is 0 Å². The van der Waals surface area contributed by atoms with Crippen molar-refractivity contribution in [3.63, 3.8) is 0 Å². The van der Waals surface area contributed by atoms with Crippen LogP contribution in [0.15, 0.2) is 52.8 Å². The van der Waals surface area contributed by atoms with E-state index in [0.717, 1.165) is 10.6 Å². The third-order valence-corrected chi connectivity index (χ3v) is 5.64. The Morgan fingerprint density at radius 2 is 2.08 bits per heavy atom. The van der Waals surface area contributed by atoms with Gasteiger partial charge in [-0.2, -0.15) is 0 Å². The van der Waals surface area contributed by atoms with Crippen LogP contribution >= 0.6 is 34.3 Å². The summed E-state index contributed by atoms with van der Waals surface area (Å²) in [6, 6.07) is 10.9. The Labute approximate surface area is 160 Å². The normalized spacial score (nSPS) is 11.0. The number of nitrogens with zero attached hydrogens (tertiary/aromatic N) is 3. The Balaban J connectivity index is 1.54. The second kappa shape index (κ2) is 6.99. The third kappa shape index (κ3) is 3.39. The van der Waals surface area contributed by atoms with Gasteiger partial charge in [0.25, 0.3) is 5.56 Å². The Hall–Kier alpha value is -2.55. The molecule has 0 atom stereocenters. The molecular weight excluding hydrogens is 392 g/mol. The van der Waals surface area contributed by atoms with Gasteiger partial charge in [0.1, 0.15) is 6.54 Å². The number of thiophene rings is 1. The molecule has 0 saturated heterocycles. The van der Waals surface area contributed by atoms with Crippen LogP contribution in [-0.2, 0) is 11.3 Å². The summed E-state index contributed by atoms with van der Waals surface area (Å²) in [6.07, 6.45) is 1.22. The van der Waals surface area contributed by atoms with Crippen LogP contribution in [0.5, 0.6) is 0 Å². The van der Waals surface area contributed by atoms with Gasteiger partial charge in [-0.1, -0.05) is 23.7 Å². The molecule has 0 unspecified atom stereocenters. The van der Waals surface area contributed by atoms with Gasteiger partial charge in [-0.25, -0.2) is 9.97 Å². The maximum atomic E-state index is 12.4. The Kier molecular flexibility index (Phi) is 4.54. The number of amides is 1. The van der Waals surface area contributed by atoms with Crippen molar-refractivity contribution in [2.24, 2.45) is 0 Å². The number of carbonyl (C=O) groups excluding carboxylic acids is 1. The molecule has 0 aliphatic heterocycles. The first-order valence-corrected chi connectivity index (χ1v) is 9.63. The maximum absolute atomic E-state index is 12.4. The van der Waals surface area contributed by atoms with Gasteiger partial charge < -0.3 is 5.32 Å². The third-order valence-electron chi connectivity index (χ3n) is 3.63. The molecule has 26 heavy (non-hydrogen) atoms. The van der Waals surface area contributed by atoms with Gasteiger partial charge in [0.15, 0.2) is 5.13 Å². The Bertz CT molecular complexity index is 1160. The highest BCUT2D eigenvalue weighted by Gasteiger charge is 2.12. The standard InChI is InChI=1S/C17H11ClN4O2S2/c18-14-6-5-13(26-14)11-9-25-17(20-11)21-15(23)8-22-12-4-2-1-3-10(12)19-7-16(22)24/h1-7,9H,8H2,(H,20,21,23). The summed E-state index contributed by atoms with van der Waals surface area (Å²) in [6.45, 7) is -0.110. The van der Waals surface area contributed by atoms with E-state index in [1.54, 1.807) is 24.3 Å². The lowest BCUT2D eigenvalue weighted by atomic mass is 10.3. The molecule has 1 N–H and O–H groups in total. The molecule has 0 fully saturated rings. The molecule has 0 aliphatic rings. The van der Waals surface area contributed by atoms with E-state index >= 15 is 0 Å². The number of nitrogens with one attached hydrogen (secondary N) is 1. The van der Waals surface area contributed by atoms with Crippen molar-refractivity contribution >= 4 is 56.3 Å². The minimum atomic E-state index is -0.327. The zero-order valence-corrected chi connectivity index (χ0v) is 15.6. The Morgan fingerprint density at radius 1 is 1.23 bits per heavy atom. The summed E-state index contributed by atoms with van der Waals surface area (Å²) in [7, 11) is 0. The van der Waals surface area contributed by atoms with Gasteiger partial charge in [0, 0.05) is 5.38 Å². The summed E-state index contributed by atoms with van der Waals surface area (Å²) in [5, 5.41) is 5.07. The summed E-state index contributed by atoms with van der Waals surface area (Å²) < 4.78 is 2.08. The molecular formula is C17H11ClN4O2S2. The van der Waals surface area contributed by atoms with Crippen LogP contribution in [0.1, 0.15) is 0 Å². The molecule has 3 aromatic heterocycles. The van der Waals surface area contributed by atoms with E-state index in [4.69, 9.17) is 11.6 Å². The number of thiazole rings is 1. The summed E-state index contributed by atoms with van der Waals surface area (Å²) in [5.74, 6) is -0.325. The van der Waals surface area contributed by atoms with Crippen molar-refractivity contribution in [2.45, 2.75) is 6.54 Å². The van der Waals surface area contributed by atoms with Gasteiger partial charge in [-0.3, -0.25) is 14.2 Å². The van der Waals surface area contributed by atoms with Gasteiger partial charge in [-0.15, -0.1) is 22.7 Å². The molecule has 0 saturated carbocycles. The number of benzene rings is 1. The van der Waals surface area contributed by atoms with Crippen LogP contribution in [0.2, 0.25) is 4.34 Å². The molecule has 130 valence electrons. The van der Waals surface area contributed by atoms with Gasteiger partial charge in [0.2, 0.25) is 5.91 Å². The van der Waals surface area contributed by atoms with Crippen molar-refractivity contribution < 1.29 is 4.79 Å². The predicted molar refractivity (Wildman–Crippen MR) is 105 cm³/mol. The summed E-state index contributed by atoms with van der Waals surface area (Å²) in [4.78, 5) is 33.9. The number of fused-ring (bicyclic) bond motifs is 1. The topological polar surface area (TPSA) is 76.9 Å². The minimum absolute atomic E-state index is 0.110. The monoisotopic (exact) mass is 402 g/mol. The maximum Gasteiger partial charge on any atom is 0.269 e. The molecule has 1 aromatic carbocycles. The second-order valence-corrected chi connectivity index (χ2v) is 7.93. The van der Waals surface area contributed by atoms with Crippen LogP contribution in [0.3, 0.4) is 0 Å². The number of rotatable bonds is 4. The molecule has 0 aliphatic carbocycles. The largest absolute Gasteiger partial charge is 0.300 e. The number of hydrogen-bond acceptors (Lipinski definition) is 6. The molecule has 0 bridgehead atoms. The van der Waals surface area contributed by atoms with E-state index in [9.17, 15) is 9.59 Å². The lowest BCUT2D eigenvalue weighted by Gasteiger charge is -2.08. The molecule has 0 spiro atoms. The van der Waals surface area contributed by atoms with E-state index in [0.29, 0.717) is 20.5 Å². The average molecular weight is 403 g/mol. The fourth-order valence-electron chi connectivity index (χ4n) is 2.48. The highest BCUT2D eigenvalue weighted by molar-refractivity contribution is 7.20. The van der Waals surface area contributed by atoms with E-state index < -0.39 is 0 Å². The van der Waals surface area contributed by atoms with Crippen LogP contribution in [-0.4, -0.2) is 20.4 Å². The fourth-order valence-corrected chi connectivity index (χ4v) is 4.28. The first-order chi connectivity index (χ1) is 12.6. The number of halogens is 1. The van der Waals surface area contributed by atoms with E-state index in [-0.39, 0.29) is 18.0 Å². The summed E-state index contributed by atoms with van der Waals surface area (Å²) in [5.41, 5.74) is 1.70.